The summed E-state index contributed by atoms with van der Waals surface area (Å²) in [4.78, 5) is 28.5. The molecule has 2 heterocycles. The highest BCUT2D eigenvalue weighted by Crippen LogP contribution is 2.20. The van der Waals surface area contributed by atoms with Crippen LogP contribution >= 0.6 is 0 Å². The maximum absolute atomic E-state index is 13.5. The standard InChI is InChI=1S/C18H16FN5O3/c1-11(2)27-18(26)13-9-12(19)3-4-14(13)21-17(25)15-5-6-16(23-22-15)24-8-7-20-10-24/h3-11H,1-2H3,(H,21,25). The highest BCUT2D eigenvalue weighted by molar-refractivity contribution is 6.07. The molecule has 3 rings (SSSR count). The molecule has 8 nitrogen and oxygen atoms in total. The summed E-state index contributed by atoms with van der Waals surface area (Å²) in [5.74, 6) is -1.45. The summed E-state index contributed by atoms with van der Waals surface area (Å²) in [6.45, 7) is 3.35. The zero-order valence-corrected chi connectivity index (χ0v) is 14.6. The molecule has 0 aliphatic heterocycles. The molecule has 0 fully saturated rings. The van der Waals surface area contributed by atoms with Gasteiger partial charge in [0.15, 0.2) is 11.5 Å². The number of ether oxygens (including phenoxy) is 1. The van der Waals surface area contributed by atoms with Crippen LogP contribution in [0.3, 0.4) is 0 Å². The lowest BCUT2D eigenvalue weighted by Gasteiger charge is -2.12. The van der Waals surface area contributed by atoms with E-state index in [1.165, 1.54) is 12.1 Å². The summed E-state index contributed by atoms with van der Waals surface area (Å²) in [6, 6.07) is 6.51. The van der Waals surface area contributed by atoms with E-state index in [0.717, 1.165) is 12.1 Å². The number of hydrogen-bond acceptors (Lipinski definition) is 6. The lowest BCUT2D eigenvalue weighted by molar-refractivity contribution is 0.0378. The fraction of sp³-hybridized carbons (Fsp3) is 0.167. The number of nitrogens with zero attached hydrogens (tertiary/aromatic N) is 4. The van der Waals surface area contributed by atoms with E-state index in [0.29, 0.717) is 5.82 Å². The Labute approximate surface area is 154 Å². The molecule has 0 aliphatic rings. The Balaban J connectivity index is 1.80. The quantitative estimate of drug-likeness (QED) is 0.694. The minimum Gasteiger partial charge on any atom is -0.459 e. The molecule has 0 spiro atoms. The van der Waals surface area contributed by atoms with Crippen molar-refractivity contribution in [2.24, 2.45) is 0 Å². The second kappa shape index (κ2) is 7.73. The minimum atomic E-state index is -0.735. The van der Waals surface area contributed by atoms with E-state index < -0.39 is 17.7 Å². The first-order chi connectivity index (χ1) is 12.9. The number of nitrogens with one attached hydrogen (secondary N) is 1. The first kappa shape index (κ1) is 18.2. The van der Waals surface area contributed by atoms with Gasteiger partial charge >= 0.3 is 5.97 Å². The molecule has 0 radical (unpaired) electrons. The zero-order valence-electron chi connectivity index (χ0n) is 14.6. The zero-order chi connectivity index (χ0) is 19.4. The molecule has 1 aromatic carbocycles. The van der Waals surface area contributed by atoms with E-state index in [1.807, 2.05) is 0 Å². The van der Waals surface area contributed by atoms with Crippen molar-refractivity contribution in [3.05, 3.63) is 66.1 Å². The number of esters is 1. The van der Waals surface area contributed by atoms with Gasteiger partial charge in [-0.3, -0.25) is 9.36 Å². The Morgan fingerprint density at radius 3 is 2.63 bits per heavy atom. The van der Waals surface area contributed by atoms with Crippen LogP contribution in [0, 0.1) is 5.82 Å². The lowest BCUT2D eigenvalue weighted by atomic mass is 10.1. The molecular weight excluding hydrogens is 353 g/mol. The van der Waals surface area contributed by atoms with Crippen molar-refractivity contribution in [2.45, 2.75) is 20.0 Å². The van der Waals surface area contributed by atoms with Gasteiger partial charge in [0.25, 0.3) is 5.91 Å². The van der Waals surface area contributed by atoms with Gasteiger partial charge in [-0.2, -0.15) is 0 Å². The van der Waals surface area contributed by atoms with Crippen LogP contribution in [-0.4, -0.2) is 37.7 Å². The molecule has 138 valence electrons. The van der Waals surface area contributed by atoms with E-state index in [-0.39, 0.29) is 23.0 Å². The molecule has 9 heteroatoms. The van der Waals surface area contributed by atoms with Gasteiger partial charge in [0.2, 0.25) is 0 Å². The summed E-state index contributed by atoms with van der Waals surface area (Å²) in [6.07, 6.45) is 4.45. The van der Waals surface area contributed by atoms with Crippen LogP contribution in [0.15, 0.2) is 49.1 Å². The summed E-state index contributed by atoms with van der Waals surface area (Å²) in [5, 5.41) is 10.4. The third-order valence-electron chi connectivity index (χ3n) is 3.44. The molecule has 1 amide bonds. The average molecular weight is 369 g/mol. The Kier molecular flexibility index (Phi) is 5.20. The second-order valence-corrected chi connectivity index (χ2v) is 5.84. The highest BCUT2D eigenvalue weighted by atomic mass is 19.1. The number of rotatable bonds is 5. The van der Waals surface area contributed by atoms with E-state index in [2.05, 4.69) is 20.5 Å². The monoisotopic (exact) mass is 369 g/mol. The summed E-state index contributed by atoms with van der Waals surface area (Å²) < 4.78 is 20.3. The number of hydrogen-bond donors (Lipinski definition) is 1. The van der Waals surface area contributed by atoms with Crippen LogP contribution in [0.1, 0.15) is 34.7 Å². The second-order valence-electron chi connectivity index (χ2n) is 5.84. The SMILES string of the molecule is CC(C)OC(=O)c1cc(F)ccc1NC(=O)c1ccc(-n2ccnc2)nn1. The predicted octanol–water partition coefficient (Wildman–Crippen LogP) is 2.62. The summed E-state index contributed by atoms with van der Waals surface area (Å²) >= 11 is 0. The van der Waals surface area contributed by atoms with E-state index in [4.69, 9.17) is 4.74 Å². The van der Waals surface area contributed by atoms with Crippen molar-refractivity contribution in [2.75, 3.05) is 5.32 Å². The molecule has 2 aromatic heterocycles. The van der Waals surface area contributed by atoms with Gasteiger partial charge in [-0.15, -0.1) is 10.2 Å². The summed E-state index contributed by atoms with van der Waals surface area (Å²) in [7, 11) is 0. The van der Waals surface area contributed by atoms with Crippen LogP contribution in [-0.2, 0) is 4.74 Å². The smallest absolute Gasteiger partial charge is 0.340 e. The van der Waals surface area contributed by atoms with E-state index in [1.54, 1.807) is 43.2 Å². The predicted molar refractivity (Wildman–Crippen MR) is 94.1 cm³/mol. The van der Waals surface area contributed by atoms with Gasteiger partial charge in [0, 0.05) is 12.4 Å². The lowest BCUT2D eigenvalue weighted by Crippen LogP contribution is -2.19. The molecule has 0 saturated heterocycles. The maximum atomic E-state index is 13.5. The van der Waals surface area contributed by atoms with Crippen molar-refractivity contribution in [3.8, 4) is 5.82 Å². The van der Waals surface area contributed by atoms with Crippen molar-refractivity contribution < 1.29 is 18.7 Å². The number of benzene rings is 1. The van der Waals surface area contributed by atoms with Crippen LogP contribution in [0.2, 0.25) is 0 Å². The molecule has 0 bridgehead atoms. The number of imidazole rings is 1. The number of carbonyl (C=O) groups excluding carboxylic acids is 2. The fourth-order valence-electron chi connectivity index (χ4n) is 2.24. The van der Waals surface area contributed by atoms with E-state index >= 15 is 0 Å². The highest BCUT2D eigenvalue weighted by Gasteiger charge is 2.18. The number of amides is 1. The molecular formula is C18H16FN5O3. The van der Waals surface area contributed by atoms with Gasteiger partial charge in [0.1, 0.15) is 12.1 Å². The number of halogens is 1. The van der Waals surface area contributed by atoms with Gasteiger partial charge < -0.3 is 10.1 Å². The molecule has 27 heavy (non-hydrogen) atoms. The van der Waals surface area contributed by atoms with Gasteiger partial charge in [0.05, 0.1) is 17.4 Å². The molecule has 3 aromatic rings. The number of aromatic nitrogens is 4. The van der Waals surface area contributed by atoms with Crippen LogP contribution < -0.4 is 5.32 Å². The average Bonchev–Trinajstić information content (AvgIpc) is 3.17. The third-order valence-corrected chi connectivity index (χ3v) is 3.44. The normalized spacial score (nSPS) is 10.7. The third kappa shape index (κ3) is 4.32. The van der Waals surface area contributed by atoms with Crippen LogP contribution in [0.4, 0.5) is 10.1 Å². The molecule has 0 saturated carbocycles. The van der Waals surface area contributed by atoms with Crippen LogP contribution in [0.5, 0.6) is 0 Å². The topological polar surface area (TPSA) is 99.0 Å². The Morgan fingerprint density at radius 1 is 1.19 bits per heavy atom. The maximum Gasteiger partial charge on any atom is 0.340 e. The van der Waals surface area contributed by atoms with Gasteiger partial charge in [-0.1, -0.05) is 0 Å². The minimum absolute atomic E-state index is 0.0337. The first-order valence-electron chi connectivity index (χ1n) is 8.08. The molecule has 1 N–H and O–H groups in total. The molecule has 0 atom stereocenters. The van der Waals surface area contributed by atoms with Crippen molar-refractivity contribution in [3.63, 3.8) is 0 Å². The summed E-state index contributed by atoms with van der Waals surface area (Å²) in [5.41, 5.74) is 0.0685. The largest absolute Gasteiger partial charge is 0.459 e. The first-order valence-corrected chi connectivity index (χ1v) is 8.08. The Morgan fingerprint density at radius 2 is 2.00 bits per heavy atom. The fourth-order valence-corrected chi connectivity index (χ4v) is 2.24. The molecule has 0 aliphatic carbocycles. The van der Waals surface area contributed by atoms with Crippen molar-refractivity contribution in [1.82, 2.24) is 19.7 Å². The molecule has 0 unspecified atom stereocenters. The van der Waals surface area contributed by atoms with Crippen molar-refractivity contribution in [1.29, 1.82) is 0 Å². The van der Waals surface area contributed by atoms with Gasteiger partial charge in [-0.05, 0) is 44.2 Å². The van der Waals surface area contributed by atoms with Gasteiger partial charge in [-0.25, -0.2) is 14.2 Å². The van der Waals surface area contributed by atoms with E-state index in [9.17, 15) is 14.0 Å². The Bertz CT molecular complexity index is 956. The van der Waals surface area contributed by atoms with Crippen molar-refractivity contribution >= 4 is 17.6 Å². The Hall–Kier alpha value is -3.62. The number of carbonyl (C=O) groups is 2. The number of anilines is 1. The van der Waals surface area contributed by atoms with Crippen LogP contribution in [0.25, 0.3) is 5.82 Å².